The van der Waals surface area contributed by atoms with Crippen molar-refractivity contribution in [3.05, 3.63) is 0 Å². The van der Waals surface area contributed by atoms with E-state index in [1.54, 1.807) is 0 Å². The Labute approximate surface area is 135 Å². The minimum Gasteiger partial charge on any atom is -0.375 e. The molecule has 3 heteroatoms. The lowest BCUT2D eigenvalue weighted by molar-refractivity contribution is -0.108. The van der Waals surface area contributed by atoms with Gasteiger partial charge in [-0.15, -0.1) is 0 Å². The van der Waals surface area contributed by atoms with Crippen molar-refractivity contribution in [2.75, 3.05) is 24.7 Å². The molecule has 3 fully saturated rings. The average molecular weight is 312 g/mol. The van der Waals surface area contributed by atoms with E-state index in [2.05, 4.69) is 24.0 Å². The van der Waals surface area contributed by atoms with Gasteiger partial charge in [0, 0.05) is 12.6 Å². The molecular formula is C18H33NOS. The lowest BCUT2D eigenvalue weighted by Gasteiger charge is -2.46. The topological polar surface area (TPSA) is 21.3 Å². The summed E-state index contributed by atoms with van der Waals surface area (Å²) < 4.78 is 6.30. The second-order valence-corrected chi connectivity index (χ2v) is 8.71. The average Bonchev–Trinajstić information content (AvgIpc) is 2.46. The normalized spacial score (nSPS) is 31.0. The molecule has 0 aromatic heterocycles. The van der Waals surface area contributed by atoms with E-state index >= 15 is 0 Å². The van der Waals surface area contributed by atoms with Gasteiger partial charge in [0.1, 0.15) is 0 Å². The van der Waals surface area contributed by atoms with E-state index < -0.39 is 0 Å². The smallest absolute Gasteiger partial charge is 0.0701 e. The highest BCUT2D eigenvalue weighted by Gasteiger charge is 2.41. The Bertz CT molecular complexity index is 307. The highest BCUT2D eigenvalue weighted by atomic mass is 32.2. The Morgan fingerprint density at radius 1 is 1.24 bits per heavy atom. The van der Waals surface area contributed by atoms with Gasteiger partial charge in [-0.3, -0.25) is 0 Å². The molecule has 2 aliphatic heterocycles. The molecule has 2 saturated heterocycles. The van der Waals surface area contributed by atoms with E-state index in [9.17, 15) is 0 Å². The van der Waals surface area contributed by atoms with Crippen LogP contribution in [-0.4, -0.2) is 36.3 Å². The first kappa shape index (κ1) is 16.1. The molecule has 2 nitrogen and oxygen atoms in total. The molecule has 1 saturated carbocycles. The van der Waals surface area contributed by atoms with Crippen molar-refractivity contribution in [3.8, 4) is 0 Å². The van der Waals surface area contributed by atoms with E-state index in [0.29, 0.717) is 0 Å². The Morgan fingerprint density at radius 3 is 2.71 bits per heavy atom. The molecule has 0 bridgehead atoms. The molecule has 0 aromatic rings. The summed E-state index contributed by atoms with van der Waals surface area (Å²) in [5, 5.41) is 3.90. The second kappa shape index (κ2) is 7.70. The molecule has 3 aliphatic rings. The summed E-state index contributed by atoms with van der Waals surface area (Å²) in [5.74, 6) is 4.49. The molecule has 3 rings (SSSR count). The summed E-state index contributed by atoms with van der Waals surface area (Å²) in [5.41, 5.74) is 0.250. The van der Waals surface area contributed by atoms with Crippen LogP contribution in [0.1, 0.15) is 64.7 Å². The van der Waals surface area contributed by atoms with Crippen LogP contribution in [0.25, 0.3) is 0 Å². The van der Waals surface area contributed by atoms with Gasteiger partial charge in [-0.2, -0.15) is 11.8 Å². The first-order valence-corrected chi connectivity index (χ1v) is 10.4. The molecule has 122 valence electrons. The maximum atomic E-state index is 6.30. The van der Waals surface area contributed by atoms with Crippen LogP contribution in [0.5, 0.6) is 0 Å². The number of thioether (sulfide) groups is 1. The van der Waals surface area contributed by atoms with E-state index in [0.717, 1.165) is 24.5 Å². The Balaban J connectivity index is 1.59. The van der Waals surface area contributed by atoms with E-state index in [1.165, 1.54) is 75.8 Å². The quantitative estimate of drug-likeness (QED) is 0.793. The van der Waals surface area contributed by atoms with E-state index in [-0.39, 0.29) is 5.60 Å². The number of hydrogen-bond donors (Lipinski definition) is 1. The van der Waals surface area contributed by atoms with Crippen molar-refractivity contribution in [3.63, 3.8) is 0 Å². The number of nitrogens with one attached hydrogen (secondary N) is 1. The van der Waals surface area contributed by atoms with Crippen molar-refractivity contribution in [2.24, 2.45) is 11.8 Å². The van der Waals surface area contributed by atoms with E-state index in [4.69, 9.17) is 4.74 Å². The van der Waals surface area contributed by atoms with Gasteiger partial charge >= 0.3 is 0 Å². The predicted molar refractivity (Wildman–Crippen MR) is 92.0 cm³/mol. The first-order valence-electron chi connectivity index (χ1n) is 9.26. The van der Waals surface area contributed by atoms with Gasteiger partial charge in [-0.05, 0) is 68.4 Å². The third-order valence-electron chi connectivity index (χ3n) is 5.97. The highest BCUT2D eigenvalue weighted by Crippen LogP contribution is 2.42. The molecule has 21 heavy (non-hydrogen) atoms. The van der Waals surface area contributed by atoms with Crippen molar-refractivity contribution in [1.29, 1.82) is 0 Å². The van der Waals surface area contributed by atoms with Gasteiger partial charge in [0.25, 0.3) is 0 Å². The molecule has 1 N–H and O–H groups in total. The van der Waals surface area contributed by atoms with Crippen molar-refractivity contribution < 1.29 is 4.74 Å². The van der Waals surface area contributed by atoms with Gasteiger partial charge in [-0.25, -0.2) is 0 Å². The lowest BCUT2D eigenvalue weighted by atomic mass is 9.73. The van der Waals surface area contributed by atoms with Crippen LogP contribution in [0.3, 0.4) is 0 Å². The summed E-state index contributed by atoms with van der Waals surface area (Å²) in [4.78, 5) is 0. The molecule has 1 aliphatic carbocycles. The fourth-order valence-corrected chi connectivity index (χ4v) is 5.60. The summed E-state index contributed by atoms with van der Waals surface area (Å²) in [6, 6.07) is 0.755. The maximum absolute atomic E-state index is 6.30. The van der Waals surface area contributed by atoms with Crippen LogP contribution in [0, 0.1) is 11.8 Å². The molecule has 2 unspecified atom stereocenters. The van der Waals surface area contributed by atoms with Crippen LogP contribution in [0.4, 0.5) is 0 Å². The highest BCUT2D eigenvalue weighted by molar-refractivity contribution is 7.99. The predicted octanol–water partition coefficient (Wildman–Crippen LogP) is 4.24. The van der Waals surface area contributed by atoms with Crippen LogP contribution in [0.2, 0.25) is 0 Å². The molecule has 0 aromatic carbocycles. The Hall–Kier alpha value is 0.270. The molecular weight excluding hydrogens is 278 g/mol. The molecule has 2 atom stereocenters. The zero-order valence-corrected chi connectivity index (χ0v) is 14.6. The first-order chi connectivity index (χ1) is 10.3. The summed E-state index contributed by atoms with van der Waals surface area (Å²) in [6.07, 6.45) is 12.3. The largest absolute Gasteiger partial charge is 0.375 e. The monoisotopic (exact) mass is 311 g/mol. The third-order valence-corrected chi connectivity index (χ3v) is 6.96. The van der Waals surface area contributed by atoms with Crippen molar-refractivity contribution in [1.82, 2.24) is 5.32 Å². The standard InChI is InChI=1S/C18H33NOS/c1-2-9-19-17(13-15-4-3-5-15)16-6-10-20-18(14-16)7-11-21-12-8-18/h15-17,19H,2-14H2,1H3. The van der Waals surface area contributed by atoms with E-state index in [1.807, 2.05) is 0 Å². The van der Waals surface area contributed by atoms with Gasteiger partial charge < -0.3 is 10.1 Å². The molecule has 2 heterocycles. The number of ether oxygens (including phenoxy) is 1. The summed E-state index contributed by atoms with van der Waals surface area (Å²) >= 11 is 2.11. The van der Waals surface area contributed by atoms with Gasteiger partial charge in [-0.1, -0.05) is 26.2 Å². The van der Waals surface area contributed by atoms with Crippen molar-refractivity contribution >= 4 is 11.8 Å². The van der Waals surface area contributed by atoms with Gasteiger partial charge in [0.2, 0.25) is 0 Å². The van der Waals surface area contributed by atoms with Crippen LogP contribution >= 0.6 is 11.8 Å². The van der Waals surface area contributed by atoms with Crippen LogP contribution in [0.15, 0.2) is 0 Å². The lowest BCUT2D eigenvalue weighted by Crippen LogP contribution is -2.49. The maximum Gasteiger partial charge on any atom is 0.0701 e. The summed E-state index contributed by atoms with van der Waals surface area (Å²) in [7, 11) is 0. The van der Waals surface area contributed by atoms with Gasteiger partial charge in [0.15, 0.2) is 0 Å². The Kier molecular flexibility index (Phi) is 5.92. The summed E-state index contributed by atoms with van der Waals surface area (Å²) in [6.45, 7) is 4.49. The zero-order chi connectivity index (χ0) is 14.5. The minimum absolute atomic E-state index is 0.250. The fraction of sp³-hybridized carbons (Fsp3) is 1.00. The SMILES string of the molecule is CCCNC(CC1CCC1)C1CCOC2(CCSCC2)C1. The molecule has 0 amide bonds. The van der Waals surface area contributed by atoms with Crippen molar-refractivity contribution in [2.45, 2.75) is 76.4 Å². The fourth-order valence-electron chi connectivity index (χ4n) is 4.36. The zero-order valence-electron chi connectivity index (χ0n) is 13.7. The second-order valence-electron chi connectivity index (χ2n) is 7.49. The van der Waals surface area contributed by atoms with Crippen LogP contribution in [-0.2, 0) is 4.74 Å². The number of hydrogen-bond acceptors (Lipinski definition) is 3. The minimum atomic E-state index is 0.250. The van der Waals surface area contributed by atoms with Crippen LogP contribution < -0.4 is 5.32 Å². The molecule has 1 spiro atoms. The number of rotatable bonds is 6. The third kappa shape index (κ3) is 4.17. The van der Waals surface area contributed by atoms with Gasteiger partial charge in [0.05, 0.1) is 5.60 Å². The Morgan fingerprint density at radius 2 is 2.05 bits per heavy atom. The molecule has 0 radical (unpaired) electrons.